The Morgan fingerprint density at radius 1 is 1.32 bits per heavy atom. The van der Waals surface area contributed by atoms with Crippen LogP contribution in [0.4, 0.5) is 11.4 Å². The number of benzene rings is 2. The highest BCUT2D eigenvalue weighted by atomic mass is 79.9. The van der Waals surface area contributed by atoms with E-state index >= 15 is 0 Å². The van der Waals surface area contributed by atoms with Crippen molar-refractivity contribution in [2.24, 2.45) is 0 Å². The molecular weight excluding hydrogens is 348 g/mol. The molecular formula is C16H15BrN2O3. The third kappa shape index (κ3) is 3.51. The molecule has 0 spiro atoms. The van der Waals surface area contributed by atoms with Crippen LogP contribution in [0.5, 0.6) is 0 Å². The zero-order valence-electron chi connectivity index (χ0n) is 12.2. The fraction of sp³-hybridized carbons (Fsp3) is 0.188. The summed E-state index contributed by atoms with van der Waals surface area (Å²) in [6, 6.07) is 10.0. The minimum absolute atomic E-state index is 0.0369. The summed E-state index contributed by atoms with van der Waals surface area (Å²) in [5.41, 5.74) is 2.62. The molecule has 0 bridgehead atoms. The average molecular weight is 363 g/mol. The molecule has 114 valence electrons. The van der Waals surface area contributed by atoms with Gasteiger partial charge >= 0.3 is 0 Å². The fourth-order valence-corrected chi connectivity index (χ4v) is 2.62. The van der Waals surface area contributed by atoms with Crippen LogP contribution in [0, 0.1) is 17.0 Å². The molecule has 0 fully saturated rings. The van der Waals surface area contributed by atoms with Gasteiger partial charge in [0.1, 0.15) is 0 Å². The Labute approximate surface area is 136 Å². The van der Waals surface area contributed by atoms with Gasteiger partial charge in [-0.3, -0.25) is 14.9 Å². The van der Waals surface area contributed by atoms with Crippen molar-refractivity contribution in [1.29, 1.82) is 0 Å². The van der Waals surface area contributed by atoms with E-state index in [1.165, 1.54) is 12.1 Å². The smallest absolute Gasteiger partial charge is 0.270 e. The number of hydrogen-bond acceptors (Lipinski definition) is 3. The van der Waals surface area contributed by atoms with Crippen LogP contribution >= 0.6 is 15.9 Å². The van der Waals surface area contributed by atoms with Crippen molar-refractivity contribution in [3.05, 3.63) is 67.7 Å². The van der Waals surface area contributed by atoms with Gasteiger partial charge in [0.25, 0.3) is 11.6 Å². The number of amides is 1. The van der Waals surface area contributed by atoms with Gasteiger partial charge in [0.2, 0.25) is 0 Å². The van der Waals surface area contributed by atoms with Gasteiger partial charge in [-0.25, -0.2) is 0 Å². The molecule has 0 aliphatic heterocycles. The van der Waals surface area contributed by atoms with E-state index in [4.69, 9.17) is 0 Å². The molecule has 0 saturated heterocycles. The summed E-state index contributed by atoms with van der Waals surface area (Å²) in [5.74, 6) is -0.243. The number of anilines is 1. The largest absolute Gasteiger partial charge is 0.321 e. The summed E-state index contributed by atoms with van der Waals surface area (Å²) in [6.07, 6.45) is 0.594. The number of rotatable bonds is 4. The van der Waals surface area contributed by atoms with E-state index in [2.05, 4.69) is 21.2 Å². The molecule has 0 saturated carbocycles. The molecule has 5 nitrogen and oxygen atoms in total. The molecule has 0 heterocycles. The number of nitrogens with one attached hydrogen (secondary N) is 1. The number of aryl methyl sites for hydroxylation is 2. The third-order valence-electron chi connectivity index (χ3n) is 3.32. The van der Waals surface area contributed by atoms with Crippen LogP contribution in [0.15, 0.2) is 40.9 Å². The van der Waals surface area contributed by atoms with Crippen molar-refractivity contribution in [3.8, 4) is 0 Å². The highest BCUT2D eigenvalue weighted by Crippen LogP contribution is 2.28. The molecule has 1 amide bonds. The number of non-ortho nitro benzene ring substituents is 1. The van der Waals surface area contributed by atoms with Crippen LogP contribution in [-0.2, 0) is 6.42 Å². The number of carbonyl (C=O) groups is 1. The lowest BCUT2D eigenvalue weighted by Gasteiger charge is -2.13. The van der Waals surface area contributed by atoms with Gasteiger partial charge in [-0.1, -0.05) is 28.9 Å². The van der Waals surface area contributed by atoms with Gasteiger partial charge < -0.3 is 5.32 Å². The van der Waals surface area contributed by atoms with Gasteiger partial charge in [0, 0.05) is 27.9 Å². The predicted octanol–water partition coefficient (Wildman–Crippen LogP) is 4.48. The first kappa shape index (κ1) is 16.2. The van der Waals surface area contributed by atoms with E-state index in [0.29, 0.717) is 23.2 Å². The van der Waals surface area contributed by atoms with Gasteiger partial charge in [-0.2, -0.15) is 0 Å². The minimum Gasteiger partial charge on any atom is -0.321 e. The summed E-state index contributed by atoms with van der Waals surface area (Å²) < 4.78 is 0.816. The molecule has 2 aromatic rings. The number of halogens is 1. The van der Waals surface area contributed by atoms with Crippen molar-refractivity contribution in [2.45, 2.75) is 20.3 Å². The number of nitro groups is 1. The Balaban J connectivity index is 2.37. The summed E-state index contributed by atoms with van der Waals surface area (Å²) >= 11 is 3.33. The van der Waals surface area contributed by atoms with Crippen LogP contribution in [0.25, 0.3) is 0 Å². The summed E-state index contributed by atoms with van der Waals surface area (Å²) in [5, 5.41) is 13.8. The van der Waals surface area contributed by atoms with E-state index < -0.39 is 4.92 Å². The van der Waals surface area contributed by atoms with E-state index in [1.807, 2.05) is 13.0 Å². The zero-order valence-corrected chi connectivity index (χ0v) is 13.8. The summed E-state index contributed by atoms with van der Waals surface area (Å²) in [4.78, 5) is 22.8. The van der Waals surface area contributed by atoms with Crippen LogP contribution in [0.3, 0.4) is 0 Å². The highest BCUT2D eigenvalue weighted by molar-refractivity contribution is 9.10. The summed E-state index contributed by atoms with van der Waals surface area (Å²) in [7, 11) is 0. The maximum absolute atomic E-state index is 12.3. The van der Waals surface area contributed by atoms with Crippen LogP contribution in [-0.4, -0.2) is 10.8 Å². The Hall–Kier alpha value is -2.21. The highest BCUT2D eigenvalue weighted by Gasteiger charge is 2.16. The third-order valence-corrected chi connectivity index (χ3v) is 3.81. The van der Waals surface area contributed by atoms with Crippen LogP contribution in [0.1, 0.15) is 28.4 Å². The molecule has 0 atom stereocenters. The van der Waals surface area contributed by atoms with Crippen LogP contribution < -0.4 is 5.32 Å². The van der Waals surface area contributed by atoms with Crippen molar-refractivity contribution >= 4 is 33.2 Å². The lowest BCUT2D eigenvalue weighted by molar-refractivity contribution is -0.384. The zero-order chi connectivity index (χ0) is 16.3. The SMILES string of the molecule is CCc1cc([N+](=O)[O-])cc(C)c1NC(=O)c1cccc(Br)c1. The molecule has 0 aliphatic rings. The molecule has 2 aromatic carbocycles. The second-order valence-electron chi connectivity index (χ2n) is 4.87. The number of nitrogens with zero attached hydrogens (tertiary/aromatic N) is 1. The van der Waals surface area contributed by atoms with Crippen molar-refractivity contribution in [1.82, 2.24) is 0 Å². The first-order chi connectivity index (χ1) is 10.4. The molecule has 0 unspecified atom stereocenters. The molecule has 0 radical (unpaired) electrons. The topological polar surface area (TPSA) is 72.2 Å². The van der Waals surface area contributed by atoms with E-state index in [-0.39, 0.29) is 11.6 Å². The first-order valence-electron chi connectivity index (χ1n) is 6.77. The molecule has 22 heavy (non-hydrogen) atoms. The predicted molar refractivity (Wildman–Crippen MR) is 89.3 cm³/mol. The second-order valence-corrected chi connectivity index (χ2v) is 5.79. The van der Waals surface area contributed by atoms with Crippen molar-refractivity contribution < 1.29 is 9.72 Å². The number of nitro benzene ring substituents is 1. The molecule has 0 aliphatic carbocycles. The lowest BCUT2D eigenvalue weighted by Crippen LogP contribution is -2.14. The Morgan fingerprint density at radius 3 is 2.64 bits per heavy atom. The number of hydrogen-bond donors (Lipinski definition) is 1. The van der Waals surface area contributed by atoms with Gasteiger partial charge in [-0.15, -0.1) is 0 Å². The van der Waals surface area contributed by atoms with Crippen molar-refractivity contribution in [3.63, 3.8) is 0 Å². The fourth-order valence-electron chi connectivity index (χ4n) is 2.22. The van der Waals surface area contributed by atoms with E-state index in [1.54, 1.807) is 25.1 Å². The molecule has 0 aromatic heterocycles. The quantitative estimate of drug-likeness (QED) is 0.643. The Morgan fingerprint density at radius 2 is 2.05 bits per heavy atom. The molecule has 6 heteroatoms. The molecule has 2 rings (SSSR count). The second kappa shape index (κ2) is 6.70. The number of carbonyl (C=O) groups excluding carboxylic acids is 1. The van der Waals surface area contributed by atoms with Gasteiger partial charge in [0.05, 0.1) is 4.92 Å². The van der Waals surface area contributed by atoms with E-state index in [0.717, 1.165) is 10.0 Å². The standard InChI is InChI=1S/C16H15BrN2O3/c1-3-11-9-14(19(21)22)7-10(2)15(11)18-16(20)12-5-4-6-13(17)8-12/h4-9H,3H2,1-2H3,(H,18,20). The van der Waals surface area contributed by atoms with Crippen LogP contribution in [0.2, 0.25) is 0 Å². The first-order valence-corrected chi connectivity index (χ1v) is 7.56. The normalized spacial score (nSPS) is 10.3. The maximum Gasteiger partial charge on any atom is 0.270 e. The van der Waals surface area contributed by atoms with Gasteiger partial charge in [-0.05, 0) is 42.7 Å². The molecule has 1 N–H and O–H groups in total. The van der Waals surface area contributed by atoms with Gasteiger partial charge in [0.15, 0.2) is 0 Å². The summed E-state index contributed by atoms with van der Waals surface area (Å²) in [6.45, 7) is 3.65. The Kier molecular flexibility index (Phi) is 4.92. The minimum atomic E-state index is -0.425. The maximum atomic E-state index is 12.3. The average Bonchev–Trinajstić information content (AvgIpc) is 2.48. The van der Waals surface area contributed by atoms with Crippen molar-refractivity contribution in [2.75, 3.05) is 5.32 Å². The lowest BCUT2D eigenvalue weighted by atomic mass is 10.0. The van der Waals surface area contributed by atoms with E-state index in [9.17, 15) is 14.9 Å². The Bertz CT molecular complexity index is 744. The monoisotopic (exact) mass is 362 g/mol.